The molecule has 0 bridgehead atoms. The SMILES string of the molecule is c1ccc(-c2ccc(-c3oc(-c4cccc5c4-c4ccccc4[Si]5(c4ccccc4)c4ccccc4)c4ccccc34)cc2)cc1. The van der Waals surface area contributed by atoms with Gasteiger partial charge in [0.25, 0.3) is 0 Å². The van der Waals surface area contributed by atoms with Crippen LogP contribution in [0.25, 0.3) is 55.7 Å². The van der Waals surface area contributed by atoms with Crippen molar-refractivity contribution < 1.29 is 4.42 Å². The molecule has 0 unspecified atom stereocenters. The first-order valence-electron chi connectivity index (χ1n) is 15.9. The molecular formula is C44H30OSi. The van der Waals surface area contributed by atoms with Crippen molar-refractivity contribution in [1.82, 2.24) is 0 Å². The lowest BCUT2D eigenvalue weighted by atomic mass is 9.96. The van der Waals surface area contributed by atoms with Gasteiger partial charge in [0.2, 0.25) is 0 Å². The molecule has 1 aliphatic rings. The summed E-state index contributed by atoms with van der Waals surface area (Å²) in [5.41, 5.74) is 7.23. The molecule has 46 heavy (non-hydrogen) atoms. The maximum atomic E-state index is 7.02. The number of rotatable bonds is 5. The molecule has 1 aliphatic heterocycles. The third-order valence-electron chi connectivity index (χ3n) is 9.60. The van der Waals surface area contributed by atoms with Gasteiger partial charge in [-0.1, -0.05) is 182 Å². The molecule has 7 aromatic carbocycles. The Balaban J connectivity index is 1.29. The number of hydrogen-bond donors (Lipinski definition) is 0. The largest absolute Gasteiger partial charge is 0.455 e. The first kappa shape index (κ1) is 26.7. The molecule has 9 rings (SSSR count). The van der Waals surface area contributed by atoms with E-state index in [4.69, 9.17) is 4.42 Å². The first-order chi connectivity index (χ1) is 22.8. The Morgan fingerprint density at radius 3 is 1.48 bits per heavy atom. The molecule has 0 fully saturated rings. The molecular weight excluding hydrogens is 573 g/mol. The zero-order chi connectivity index (χ0) is 30.5. The fraction of sp³-hybridized carbons (Fsp3) is 0. The highest BCUT2D eigenvalue weighted by molar-refractivity contribution is 7.22. The fourth-order valence-electron chi connectivity index (χ4n) is 7.63. The van der Waals surface area contributed by atoms with Crippen molar-refractivity contribution in [3.05, 3.63) is 182 Å². The van der Waals surface area contributed by atoms with Crippen LogP contribution < -0.4 is 20.7 Å². The van der Waals surface area contributed by atoms with Gasteiger partial charge in [0, 0.05) is 21.9 Å². The van der Waals surface area contributed by atoms with Crippen molar-refractivity contribution in [2.45, 2.75) is 0 Å². The molecule has 0 amide bonds. The van der Waals surface area contributed by atoms with Gasteiger partial charge in [-0.25, -0.2) is 0 Å². The highest BCUT2D eigenvalue weighted by atomic mass is 28.3. The molecule has 8 aromatic rings. The van der Waals surface area contributed by atoms with Crippen LogP contribution in [-0.2, 0) is 0 Å². The smallest absolute Gasteiger partial charge is 0.180 e. The Hall–Kier alpha value is -5.70. The Bertz CT molecular complexity index is 2300. The summed E-state index contributed by atoms with van der Waals surface area (Å²) in [5.74, 6) is 1.83. The van der Waals surface area contributed by atoms with Crippen molar-refractivity contribution in [1.29, 1.82) is 0 Å². The van der Waals surface area contributed by atoms with E-state index in [2.05, 4.69) is 182 Å². The average Bonchev–Trinajstić information content (AvgIpc) is 3.68. The second kappa shape index (κ2) is 10.7. The minimum absolute atomic E-state index is 0.906. The number of fused-ring (bicyclic) bond motifs is 4. The van der Waals surface area contributed by atoms with E-state index >= 15 is 0 Å². The Morgan fingerprint density at radius 2 is 0.804 bits per heavy atom. The Kier molecular flexibility index (Phi) is 6.22. The van der Waals surface area contributed by atoms with Gasteiger partial charge in [-0.3, -0.25) is 0 Å². The van der Waals surface area contributed by atoms with Gasteiger partial charge < -0.3 is 4.42 Å². The van der Waals surface area contributed by atoms with Crippen molar-refractivity contribution >= 4 is 39.6 Å². The number of benzene rings is 7. The second-order valence-electron chi connectivity index (χ2n) is 12.0. The molecule has 1 aromatic heterocycles. The second-order valence-corrected chi connectivity index (χ2v) is 15.7. The van der Waals surface area contributed by atoms with Crippen LogP contribution in [0.5, 0.6) is 0 Å². The summed E-state index contributed by atoms with van der Waals surface area (Å²) >= 11 is 0. The molecule has 0 radical (unpaired) electrons. The van der Waals surface area contributed by atoms with E-state index < -0.39 is 8.07 Å². The first-order valence-corrected chi connectivity index (χ1v) is 17.9. The minimum Gasteiger partial charge on any atom is -0.455 e. The van der Waals surface area contributed by atoms with E-state index in [1.807, 2.05) is 0 Å². The van der Waals surface area contributed by atoms with Gasteiger partial charge in [0.15, 0.2) is 8.07 Å². The zero-order valence-electron chi connectivity index (χ0n) is 25.2. The van der Waals surface area contributed by atoms with Crippen molar-refractivity contribution in [2.75, 3.05) is 0 Å². The standard InChI is InChI=1S/C44H30OSi/c1-4-15-31(16-5-1)32-27-29-33(30-28-32)43-36-21-10-11-22-37(36)44(45-43)39-24-14-26-41-42(39)38-23-12-13-25-40(38)46(41,34-17-6-2-7-18-34)35-19-8-3-9-20-35/h1-30H. The van der Waals surface area contributed by atoms with Crippen LogP contribution in [-0.4, -0.2) is 8.07 Å². The summed E-state index contributed by atoms with van der Waals surface area (Å²) in [5, 5.41) is 7.90. The molecule has 0 spiro atoms. The molecule has 0 saturated carbocycles. The van der Waals surface area contributed by atoms with Gasteiger partial charge in [0.05, 0.1) is 0 Å². The van der Waals surface area contributed by atoms with Gasteiger partial charge in [-0.2, -0.15) is 0 Å². The van der Waals surface area contributed by atoms with Crippen molar-refractivity contribution in [3.63, 3.8) is 0 Å². The predicted molar refractivity (Wildman–Crippen MR) is 195 cm³/mol. The van der Waals surface area contributed by atoms with E-state index in [1.165, 1.54) is 43.0 Å². The third-order valence-corrected chi connectivity index (χ3v) is 14.5. The average molecular weight is 603 g/mol. The van der Waals surface area contributed by atoms with Crippen LogP contribution in [0.2, 0.25) is 0 Å². The Morgan fingerprint density at radius 1 is 0.326 bits per heavy atom. The van der Waals surface area contributed by atoms with Gasteiger partial charge in [-0.05, 0) is 43.0 Å². The minimum atomic E-state index is -2.60. The summed E-state index contributed by atoms with van der Waals surface area (Å²) in [6, 6.07) is 66.1. The zero-order valence-corrected chi connectivity index (χ0v) is 26.2. The maximum Gasteiger partial charge on any atom is 0.180 e. The van der Waals surface area contributed by atoms with Crippen LogP contribution in [0.4, 0.5) is 0 Å². The molecule has 2 heteroatoms. The van der Waals surface area contributed by atoms with E-state index in [-0.39, 0.29) is 0 Å². The topological polar surface area (TPSA) is 13.1 Å². The van der Waals surface area contributed by atoms with Crippen molar-refractivity contribution in [2.24, 2.45) is 0 Å². The summed E-state index contributed by atoms with van der Waals surface area (Å²) in [6.45, 7) is 0. The predicted octanol–water partition coefficient (Wildman–Crippen LogP) is 8.79. The summed E-state index contributed by atoms with van der Waals surface area (Å²) < 4.78 is 7.02. The van der Waals surface area contributed by atoms with Crippen LogP contribution in [0.1, 0.15) is 0 Å². The highest BCUT2D eigenvalue weighted by Gasteiger charge is 2.49. The van der Waals surface area contributed by atoms with Gasteiger partial charge in [0.1, 0.15) is 11.5 Å². The normalized spacial score (nSPS) is 13.0. The highest BCUT2D eigenvalue weighted by Crippen LogP contribution is 2.44. The third kappa shape index (κ3) is 3.94. The molecule has 0 saturated heterocycles. The lowest BCUT2D eigenvalue weighted by molar-refractivity contribution is 0.602. The van der Waals surface area contributed by atoms with Crippen LogP contribution in [0.15, 0.2) is 186 Å². The summed E-state index contributed by atoms with van der Waals surface area (Å²) in [7, 11) is -2.60. The van der Waals surface area contributed by atoms with Crippen LogP contribution >= 0.6 is 0 Å². The lowest BCUT2D eigenvalue weighted by Gasteiger charge is -2.31. The van der Waals surface area contributed by atoms with E-state index in [9.17, 15) is 0 Å². The maximum absolute atomic E-state index is 7.02. The van der Waals surface area contributed by atoms with Crippen LogP contribution in [0.3, 0.4) is 0 Å². The van der Waals surface area contributed by atoms with E-state index in [0.29, 0.717) is 0 Å². The molecule has 0 aliphatic carbocycles. The molecule has 216 valence electrons. The molecule has 0 N–H and O–H groups in total. The molecule has 1 nitrogen and oxygen atoms in total. The van der Waals surface area contributed by atoms with Gasteiger partial charge >= 0.3 is 0 Å². The van der Waals surface area contributed by atoms with Crippen LogP contribution in [0, 0.1) is 0 Å². The molecule has 2 heterocycles. The van der Waals surface area contributed by atoms with E-state index in [1.54, 1.807) is 0 Å². The Labute approximate surface area is 270 Å². The van der Waals surface area contributed by atoms with Crippen molar-refractivity contribution in [3.8, 4) is 44.9 Å². The van der Waals surface area contributed by atoms with Gasteiger partial charge in [-0.15, -0.1) is 0 Å². The lowest BCUT2D eigenvalue weighted by Crippen LogP contribution is -2.72. The van der Waals surface area contributed by atoms with E-state index in [0.717, 1.165) is 33.4 Å². The quantitative estimate of drug-likeness (QED) is 0.180. The summed E-state index contributed by atoms with van der Waals surface area (Å²) in [4.78, 5) is 0. The fourth-order valence-corrected chi connectivity index (χ4v) is 12.8. The molecule has 0 atom stereocenters. The number of hydrogen-bond acceptors (Lipinski definition) is 1. The number of furan rings is 1. The summed E-state index contributed by atoms with van der Waals surface area (Å²) in [6.07, 6.45) is 0. The monoisotopic (exact) mass is 602 g/mol.